The molecule has 2 amide bonds. The van der Waals surface area contributed by atoms with Gasteiger partial charge in [0.2, 0.25) is 0 Å². The molecule has 3 N–H and O–H groups in total. The molecule has 0 radical (unpaired) electrons. The van der Waals surface area contributed by atoms with Gasteiger partial charge in [0.15, 0.2) is 5.85 Å². The fraction of sp³-hybridized carbons (Fsp3) is 0.882. The average Bonchev–Trinajstić information content (AvgIpc) is 2.47. The van der Waals surface area contributed by atoms with Gasteiger partial charge in [0, 0.05) is 6.54 Å². The standard InChI is InChI=1S/C17H35N2O8P/c1-9-24-28(23,25-10-2)13(20)12(19-15(22)27-17(6,7)8)11-18-14(21)26-16(3,4)5/h12-13,20H,9-11H2,1-8H3,(H,18,21)(H,19,22)/t12-,13-/m1/s1. The first-order chi connectivity index (χ1) is 12.6. The Labute approximate surface area is 167 Å². The van der Waals surface area contributed by atoms with Crippen molar-refractivity contribution < 1.29 is 37.8 Å². The van der Waals surface area contributed by atoms with E-state index in [1.165, 1.54) is 0 Å². The predicted molar refractivity (Wildman–Crippen MR) is 104 cm³/mol. The molecular formula is C17H35N2O8P. The molecule has 11 heteroatoms. The summed E-state index contributed by atoms with van der Waals surface area (Å²) in [5, 5.41) is 15.4. The van der Waals surface area contributed by atoms with Gasteiger partial charge in [-0.3, -0.25) is 4.57 Å². The van der Waals surface area contributed by atoms with Crippen LogP contribution >= 0.6 is 7.60 Å². The number of hydrogen-bond donors (Lipinski definition) is 3. The van der Waals surface area contributed by atoms with Crippen molar-refractivity contribution in [3.63, 3.8) is 0 Å². The molecule has 10 nitrogen and oxygen atoms in total. The Hall–Kier alpha value is -1.35. The van der Waals surface area contributed by atoms with Gasteiger partial charge in [-0.05, 0) is 55.4 Å². The van der Waals surface area contributed by atoms with Crippen LogP contribution in [0.15, 0.2) is 0 Å². The van der Waals surface area contributed by atoms with E-state index in [0.717, 1.165) is 0 Å². The summed E-state index contributed by atoms with van der Waals surface area (Å²) < 4.78 is 33.4. The van der Waals surface area contributed by atoms with E-state index < -0.39 is 42.9 Å². The van der Waals surface area contributed by atoms with Crippen molar-refractivity contribution in [1.82, 2.24) is 10.6 Å². The maximum absolute atomic E-state index is 12.9. The summed E-state index contributed by atoms with van der Waals surface area (Å²) in [4.78, 5) is 24.0. The van der Waals surface area contributed by atoms with E-state index in [4.69, 9.17) is 18.5 Å². The number of carbonyl (C=O) groups is 2. The summed E-state index contributed by atoms with van der Waals surface area (Å²) in [6.07, 6.45) is -1.62. The molecule has 0 saturated carbocycles. The van der Waals surface area contributed by atoms with Crippen molar-refractivity contribution in [2.45, 2.75) is 78.5 Å². The Morgan fingerprint density at radius 1 is 0.929 bits per heavy atom. The van der Waals surface area contributed by atoms with Crippen molar-refractivity contribution in [2.24, 2.45) is 0 Å². The van der Waals surface area contributed by atoms with Crippen LogP contribution in [0.2, 0.25) is 0 Å². The molecule has 0 unspecified atom stereocenters. The molecule has 28 heavy (non-hydrogen) atoms. The lowest BCUT2D eigenvalue weighted by Crippen LogP contribution is -2.52. The van der Waals surface area contributed by atoms with Gasteiger partial charge in [-0.1, -0.05) is 0 Å². The molecule has 0 aromatic rings. The first kappa shape index (κ1) is 26.6. The third-order valence-electron chi connectivity index (χ3n) is 2.87. The lowest BCUT2D eigenvalue weighted by molar-refractivity contribution is 0.0407. The van der Waals surface area contributed by atoms with Gasteiger partial charge >= 0.3 is 19.8 Å². The van der Waals surface area contributed by atoms with Gasteiger partial charge in [0.05, 0.1) is 19.3 Å². The van der Waals surface area contributed by atoms with Crippen molar-refractivity contribution >= 4 is 19.8 Å². The SMILES string of the molecule is CCOP(=O)(OCC)[C@@H](O)[C@@H](CNC(=O)OC(C)(C)C)NC(=O)OC(C)(C)C. The van der Waals surface area contributed by atoms with E-state index >= 15 is 0 Å². The summed E-state index contributed by atoms with van der Waals surface area (Å²) in [5.41, 5.74) is -1.52. The molecule has 0 heterocycles. The largest absolute Gasteiger partial charge is 0.444 e. The second-order valence-corrected chi connectivity index (χ2v) is 10.0. The monoisotopic (exact) mass is 426 g/mol. The molecule has 0 saturated heterocycles. The van der Waals surface area contributed by atoms with E-state index in [0.29, 0.717) is 0 Å². The highest BCUT2D eigenvalue weighted by Gasteiger charge is 2.41. The number of ether oxygens (including phenoxy) is 2. The first-order valence-corrected chi connectivity index (χ1v) is 10.8. The van der Waals surface area contributed by atoms with Crippen molar-refractivity contribution in [3.05, 3.63) is 0 Å². The lowest BCUT2D eigenvalue weighted by atomic mass is 10.2. The topological polar surface area (TPSA) is 132 Å². The van der Waals surface area contributed by atoms with E-state index in [1.807, 2.05) is 0 Å². The average molecular weight is 426 g/mol. The fourth-order valence-corrected chi connectivity index (χ4v) is 3.69. The van der Waals surface area contributed by atoms with Crippen LogP contribution in [0.3, 0.4) is 0 Å². The number of rotatable bonds is 9. The van der Waals surface area contributed by atoms with Crippen LogP contribution in [0.25, 0.3) is 0 Å². The molecule has 0 aromatic carbocycles. The molecule has 0 aliphatic rings. The minimum Gasteiger partial charge on any atom is -0.444 e. The highest BCUT2D eigenvalue weighted by atomic mass is 31.2. The van der Waals surface area contributed by atoms with Crippen LogP contribution in [-0.2, 0) is 23.1 Å². The number of aliphatic hydroxyl groups excluding tert-OH is 1. The number of nitrogens with one attached hydrogen (secondary N) is 2. The second-order valence-electron chi connectivity index (χ2n) is 7.92. The summed E-state index contributed by atoms with van der Waals surface area (Å²) in [5.74, 6) is -1.74. The number of carbonyl (C=O) groups excluding carboxylic acids is 2. The molecule has 0 bridgehead atoms. The Morgan fingerprint density at radius 3 is 1.75 bits per heavy atom. The number of alkyl carbamates (subject to hydrolysis) is 2. The summed E-state index contributed by atoms with van der Waals surface area (Å²) in [6.45, 7) is 13.0. The van der Waals surface area contributed by atoms with Crippen LogP contribution in [0, 0.1) is 0 Å². The molecule has 2 atom stereocenters. The summed E-state index contributed by atoms with van der Waals surface area (Å²) in [7, 11) is -3.98. The minimum atomic E-state index is -3.98. The van der Waals surface area contributed by atoms with Crippen LogP contribution in [0.4, 0.5) is 9.59 Å². The number of aliphatic hydroxyl groups is 1. The molecular weight excluding hydrogens is 391 g/mol. The lowest BCUT2D eigenvalue weighted by Gasteiger charge is -2.30. The molecule has 0 aliphatic carbocycles. The molecule has 0 rings (SSSR count). The second kappa shape index (κ2) is 11.0. The van der Waals surface area contributed by atoms with Crippen LogP contribution < -0.4 is 10.6 Å². The maximum atomic E-state index is 12.9. The number of hydrogen-bond acceptors (Lipinski definition) is 8. The molecule has 0 aromatic heterocycles. The molecule has 166 valence electrons. The Kier molecular flexibility index (Phi) is 10.5. The van der Waals surface area contributed by atoms with Crippen LogP contribution in [0.1, 0.15) is 55.4 Å². The van der Waals surface area contributed by atoms with Gasteiger partial charge in [-0.15, -0.1) is 0 Å². The van der Waals surface area contributed by atoms with E-state index in [-0.39, 0.29) is 19.8 Å². The Morgan fingerprint density at radius 2 is 1.36 bits per heavy atom. The van der Waals surface area contributed by atoms with Crippen LogP contribution in [-0.4, -0.2) is 60.1 Å². The van der Waals surface area contributed by atoms with Gasteiger partial charge in [-0.2, -0.15) is 0 Å². The highest BCUT2D eigenvalue weighted by Crippen LogP contribution is 2.53. The van der Waals surface area contributed by atoms with Gasteiger partial charge in [0.1, 0.15) is 11.2 Å². The quantitative estimate of drug-likeness (QED) is 0.479. The maximum Gasteiger partial charge on any atom is 0.408 e. The predicted octanol–water partition coefficient (Wildman–Crippen LogP) is 2.99. The van der Waals surface area contributed by atoms with E-state index in [9.17, 15) is 19.3 Å². The Balaban J connectivity index is 5.38. The molecule has 0 aliphatic heterocycles. The normalized spacial score (nSPS) is 14.8. The smallest absolute Gasteiger partial charge is 0.408 e. The zero-order valence-electron chi connectivity index (χ0n) is 18.0. The fourth-order valence-electron chi connectivity index (χ4n) is 1.97. The van der Waals surface area contributed by atoms with Gasteiger partial charge < -0.3 is 34.3 Å². The first-order valence-electron chi connectivity index (χ1n) is 9.16. The Bertz CT molecular complexity index is 546. The van der Waals surface area contributed by atoms with Crippen molar-refractivity contribution in [1.29, 1.82) is 0 Å². The van der Waals surface area contributed by atoms with Crippen LogP contribution in [0.5, 0.6) is 0 Å². The van der Waals surface area contributed by atoms with Gasteiger partial charge in [0.25, 0.3) is 0 Å². The zero-order valence-corrected chi connectivity index (χ0v) is 18.9. The number of amides is 2. The molecule has 0 spiro atoms. The highest BCUT2D eigenvalue weighted by molar-refractivity contribution is 7.54. The minimum absolute atomic E-state index is 0.0208. The third-order valence-corrected chi connectivity index (χ3v) is 5.11. The van der Waals surface area contributed by atoms with Crippen molar-refractivity contribution in [2.75, 3.05) is 19.8 Å². The van der Waals surface area contributed by atoms with Crippen molar-refractivity contribution in [3.8, 4) is 0 Å². The summed E-state index contributed by atoms with van der Waals surface area (Å²) in [6, 6.07) is -1.22. The third kappa shape index (κ3) is 10.8. The molecule has 0 fully saturated rings. The van der Waals surface area contributed by atoms with E-state index in [2.05, 4.69) is 10.6 Å². The van der Waals surface area contributed by atoms with Gasteiger partial charge in [-0.25, -0.2) is 9.59 Å². The zero-order chi connectivity index (χ0) is 22.2. The summed E-state index contributed by atoms with van der Waals surface area (Å²) >= 11 is 0. The van der Waals surface area contributed by atoms with E-state index in [1.54, 1.807) is 55.4 Å².